The number of pyridine rings is 2. The zero-order valence-corrected chi connectivity index (χ0v) is 67.8. The van der Waals surface area contributed by atoms with Gasteiger partial charge in [-0.05, 0) is 178 Å². The van der Waals surface area contributed by atoms with Gasteiger partial charge in [-0.2, -0.15) is 0 Å². The molecule has 0 fully saturated rings. The van der Waals surface area contributed by atoms with Gasteiger partial charge in [-0.3, -0.25) is 4.98 Å². The van der Waals surface area contributed by atoms with E-state index < -0.39 is 0 Å². The van der Waals surface area contributed by atoms with Crippen molar-refractivity contribution in [3.63, 3.8) is 0 Å². The van der Waals surface area contributed by atoms with Gasteiger partial charge >= 0.3 is 0 Å². The van der Waals surface area contributed by atoms with E-state index in [1.54, 1.807) is 0 Å². The molecular formula is C112H83N7O. The van der Waals surface area contributed by atoms with E-state index in [0.717, 1.165) is 117 Å². The molecule has 21 aromatic rings. The lowest BCUT2D eigenvalue weighted by atomic mass is 9.82. The molecule has 6 aromatic heterocycles. The third-order valence-corrected chi connectivity index (χ3v) is 24.7. The van der Waals surface area contributed by atoms with E-state index in [1.807, 2.05) is 60.9 Å². The zero-order chi connectivity index (χ0) is 81.0. The SMILES string of the molecule is CC(C)(C)c1ccc(-c2ccc(-c3nc(-c4ccccc4)cc(-c4ccccc4)n3)cc2)cc1.CC1(C)c2ccccc2-c2ccc(-c3nc(-c4ccc5oc6c7c(ccc6c5c4)-c4ccccc4C7(C)C)nc4ccccc34)cc21.c1cncc(-c2cc(-n3ccc4cc(-c5cccc6c5ccc5ccccc56)ccc43)nc3ccccc23)c1. The Morgan fingerprint density at radius 1 is 0.308 bits per heavy atom. The molecule has 23 rings (SSSR count). The summed E-state index contributed by atoms with van der Waals surface area (Å²) < 4.78 is 8.85. The Labute approximate surface area is 697 Å². The summed E-state index contributed by atoms with van der Waals surface area (Å²) in [7, 11) is 0. The molecule has 0 bridgehead atoms. The first-order valence-corrected chi connectivity index (χ1v) is 41.3. The van der Waals surface area contributed by atoms with Crippen LogP contribution in [0.25, 0.3) is 194 Å². The first kappa shape index (κ1) is 72.8. The number of hydrogen-bond donors (Lipinski definition) is 0. The Balaban J connectivity index is 0.000000113. The Kier molecular flexibility index (Phi) is 17.7. The molecule has 0 spiro atoms. The second-order valence-electron chi connectivity index (χ2n) is 33.7. The fourth-order valence-electron chi connectivity index (χ4n) is 18.4. The van der Waals surface area contributed by atoms with Crippen LogP contribution in [-0.2, 0) is 16.2 Å². The van der Waals surface area contributed by atoms with Gasteiger partial charge in [0.05, 0.1) is 33.6 Å². The molecule has 0 aliphatic heterocycles. The Hall–Kier alpha value is -14.9. The Bertz CT molecular complexity index is 7550. The van der Waals surface area contributed by atoms with Gasteiger partial charge < -0.3 is 8.98 Å². The summed E-state index contributed by atoms with van der Waals surface area (Å²) in [6.45, 7) is 16.0. The monoisotopic (exact) mass is 1540 g/mol. The Morgan fingerprint density at radius 2 is 0.875 bits per heavy atom. The lowest BCUT2D eigenvalue weighted by Gasteiger charge is -2.22. The van der Waals surface area contributed by atoms with Crippen LogP contribution in [0.4, 0.5) is 0 Å². The van der Waals surface area contributed by atoms with Crippen molar-refractivity contribution >= 4 is 76.2 Å². The third-order valence-electron chi connectivity index (χ3n) is 24.7. The Morgan fingerprint density at radius 3 is 1.60 bits per heavy atom. The van der Waals surface area contributed by atoms with Crippen LogP contribution in [0.3, 0.4) is 0 Å². The molecule has 0 saturated carbocycles. The van der Waals surface area contributed by atoms with Crippen LogP contribution in [0, 0.1) is 0 Å². The fourth-order valence-corrected chi connectivity index (χ4v) is 18.4. The lowest BCUT2D eigenvalue weighted by Crippen LogP contribution is -2.15. The van der Waals surface area contributed by atoms with Crippen molar-refractivity contribution in [2.75, 3.05) is 0 Å². The molecule has 2 aliphatic rings. The third kappa shape index (κ3) is 12.8. The molecule has 572 valence electrons. The van der Waals surface area contributed by atoms with Crippen molar-refractivity contribution in [2.45, 2.75) is 64.7 Å². The highest BCUT2D eigenvalue weighted by Crippen LogP contribution is 2.54. The topological polar surface area (TPSA) is 95.4 Å². The van der Waals surface area contributed by atoms with E-state index in [-0.39, 0.29) is 16.2 Å². The fraction of sp³-hybridized carbons (Fsp3) is 0.0893. The van der Waals surface area contributed by atoms with Gasteiger partial charge in [0.2, 0.25) is 0 Å². The molecule has 8 nitrogen and oxygen atoms in total. The van der Waals surface area contributed by atoms with Crippen molar-refractivity contribution in [1.29, 1.82) is 0 Å². The second kappa shape index (κ2) is 29.1. The average molecular weight is 1540 g/mol. The molecule has 0 amide bonds. The first-order chi connectivity index (χ1) is 58.6. The van der Waals surface area contributed by atoms with Gasteiger partial charge in [0.25, 0.3) is 0 Å². The van der Waals surface area contributed by atoms with E-state index in [1.165, 1.54) is 99.3 Å². The summed E-state index contributed by atoms with van der Waals surface area (Å²) in [4.78, 5) is 29.7. The van der Waals surface area contributed by atoms with Crippen LogP contribution < -0.4 is 0 Å². The van der Waals surface area contributed by atoms with Gasteiger partial charge in [-0.25, -0.2) is 24.9 Å². The highest BCUT2D eigenvalue weighted by Gasteiger charge is 2.39. The number of benzene rings is 15. The maximum atomic E-state index is 6.66. The quantitative estimate of drug-likeness (QED) is 0.133. The molecule has 8 heteroatoms. The van der Waals surface area contributed by atoms with Crippen molar-refractivity contribution in [3.8, 4) is 118 Å². The summed E-state index contributed by atoms with van der Waals surface area (Å²) >= 11 is 0. The van der Waals surface area contributed by atoms with Crippen molar-refractivity contribution in [3.05, 3.63) is 404 Å². The molecule has 0 unspecified atom stereocenters. The summed E-state index contributed by atoms with van der Waals surface area (Å²) in [5.74, 6) is 2.34. The minimum Gasteiger partial charge on any atom is -0.456 e. The molecule has 0 N–H and O–H groups in total. The van der Waals surface area contributed by atoms with Crippen molar-refractivity contribution in [1.82, 2.24) is 34.5 Å². The summed E-state index contributed by atoms with van der Waals surface area (Å²) in [5.41, 5.74) is 31.8. The van der Waals surface area contributed by atoms with E-state index in [0.29, 0.717) is 5.82 Å². The minimum atomic E-state index is -0.149. The van der Waals surface area contributed by atoms with Gasteiger partial charge in [0, 0.05) is 95.3 Å². The van der Waals surface area contributed by atoms with Crippen LogP contribution in [0.5, 0.6) is 0 Å². The molecular weight excluding hydrogens is 1460 g/mol. The highest BCUT2D eigenvalue weighted by atomic mass is 16.3. The van der Waals surface area contributed by atoms with Gasteiger partial charge in [-0.15, -0.1) is 0 Å². The maximum absolute atomic E-state index is 6.66. The van der Waals surface area contributed by atoms with Crippen LogP contribution in [0.2, 0.25) is 0 Å². The maximum Gasteiger partial charge on any atom is 0.160 e. The van der Waals surface area contributed by atoms with Gasteiger partial charge in [0.15, 0.2) is 11.6 Å². The van der Waals surface area contributed by atoms with Gasteiger partial charge in [-0.1, -0.05) is 328 Å². The number of nitrogens with zero attached hydrogens (tertiary/aromatic N) is 7. The van der Waals surface area contributed by atoms with E-state index in [4.69, 9.17) is 29.3 Å². The highest BCUT2D eigenvalue weighted by molar-refractivity contribution is 6.13. The minimum absolute atomic E-state index is 0.0862. The number of fused-ring (bicyclic) bond motifs is 16. The smallest absolute Gasteiger partial charge is 0.160 e. The summed E-state index contributed by atoms with van der Waals surface area (Å²) in [6.07, 6.45) is 5.84. The molecule has 120 heavy (non-hydrogen) atoms. The van der Waals surface area contributed by atoms with Crippen molar-refractivity contribution in [2.24, 2.45) is 0 Å². The second-order valence-corrected chi connectivity index (χ2v) is 33.7. The molecule has 0 radical (unpaired) electrons. The molecule has 0 atom stereocenters. The molecule has 15 aromatic carbocycles. The van der Waals surface area contributed by atoms with Crippen LogP contribution >= 0.6 is 0 Å². The first-order valence-electron chi connectivity index (χ1n) is 41.3. The molecule has 0 saturated heterocycles. The number of furan rings is 1. The number of para-hydroxylation sites is 2. The summed E-state index contributed by atoms with van der Waals surface area (Å²) in [5, 5.41) is 10.7. The lowest BCUT2D eigenvalue weighted by molar-refractivity contribution is 0.590. The van der Waals surface area contributed by atoms with Crippen molar-refractivity contribution < 1.29 is 4.42 Å². The normalized spacial score (nSPS) is 12.9. The number of rotatable bonds is 9. The number of aromatic nitrogens is 7. The summed E-state index contributed by atoms with van der Waals surface area (Å²) in [6, 6.07) is 127. The van der Waals surface area contributed by atoms with Crippen LogP contribution in [0.1, 0.15) is 76.3 Å². The number of hydrogen-bond acceptors (Lipinski definition) is 7. The predicted octanol–water partition coefficient (Wildman–Crippen LogP) is 29.1. The van der Waals surface area contributed by atoms with E-state index in [9.17, 15) is 0 Å². The molecule has 2 aliphatic carbocycles. The zero-order valence-electron chi connectivity index (χ0n) is 67.8. The predicted molar refractivity (Wildman–Crippen MR) is 498 cm³/mol. The van der Waals surface area contributed by atoms with Crippen LogP contribution in [-0.4, -0.2) is 34.5 Å². The molecule has 6 heterocycles. The van der Waals surface area contributed by atoms with E-state index >= 15 is 0 Å². The van der Waals surface area contributed by atoms with Gasteiger partial charge in [0.1, 0.15) is 17.0 Å². The van der Waals surface area contributed by atoms with E-state index in [2.05, 4.69) is 374 Å². The van der Waals surface area contributed by atoms with Crippen LogP contribution in [0.15, 0.2) is 381 Å². The average Bonchev–Trinajstić information content (AvgIpc) is 1.54. The largest absolute Gasteiger partial charge is 0.456 e. The standard InChI is InChI=1S/C44H32N2O.C36H23N3.C32H28N2/c1-43(2)34-14-8-5-11-27(34)29-19-17-25(24-36(29)43)40-32-13-7-10-16-37(32)45-42(46-40)26-18-22-38-33(23-26)31-21-20-30-28-12-6-9-15-35(28)44(3,4)39(30)41(31)47-38;1-2-9-28-24(7-1)14-16-31-29(11-5-12-30(28)31)25-15-17-35-26(21-25)18-20-39(35)36-22-33(27-8-6-19-37-23-27)32-10-3-4-13-34(32)38-36;1-32(2,3)28-20-18-24(19-21-28)23-14-16-27(17-15-23)31-33-29(25-10-6-4-7-11-25)22-30(34-31)26-12-8-5-9-13-26/h5-24H,1-4H3;1-23H;4-22H,1-3H3.